The minimum Gasteiger partial charge on any atom is -0.493 e. The van der Waals surface area contributed by atoms with Gasteiger partial charge in [-0.25, -0.2) is 0 Å². The molecule has 0 radical (unpaired) electrons. The fourth-order valence-electron chi connectivity index (χ4n) is 3.61. The van der Waals surface area contributed by atoms with Crippen molar-refractivity contribution in [1.29, 1.82) is 5.41 Å². The zero-order valence-corrected chi connectivity index (χ0v) is 22.1. The van der Waals surface area contributed by atoms with Crippen LogP contribution in [0.4, 0.5) is 0 Å². The number of amidine groups is 1. The lowest BCUT2D eigenvalue weighted by molar-refractivity contribution is -0.127. The Bertz CT molecular complexity index is 1210. The number of nitrogens with zero attached hydrogens (tertiary/aromatic N) is 1. The maximum Gasteiger partial charge on any atom is 0.243 e. The van der Waals surface area contributed by atoms with E-state index >= 15 is 0 Å². The van der Waals surface area contributed by atoms with E-state index < -0.39 is 6.04 Å². The van der Waals surface area contributed by atoms with E-state index in [1.165, 1.54) is 0 Å². The first-order valence-electron chi connectivity index (χ1n) is 11.7. The summed E-state index contributed by atoms with van der Waals surface area (Å²) < 4.78 is 10.5. The number of nitrogens with one attached hydrogen (secondary N) is 4. The van der Waals surface area contributed by atoms with Crippen LogP contribution in [-0.4, -0.2) is 49.9 Å². The molecule has 3 aromatic rings. The summed E-state index contributed by atoms with van der Waals surface area (Å²) in [5.41, 5.74) is 8.56. The summed E-state index contributed by atoms with van der Waals surface area (Å²) in [6.07, 6.45) is 2.21. The summed E-state index contributed by atoms with van der Waals surface area (Å²) in [6, 6.07) is 17.3. The van der Waals surface area contributed by atoms with Crippen LogP contribution in [0.25, 0.3) is 0 Å². The zero-order chi connectivity index (χ0) is 26.6. The number of carbonyl (C=O) groups is 2. The Hall–Kier alpha value is -4.15. The summed E-state index contributed by atoms with van der Waals surface area (Å²) in [5, 5.41) is 16.2. The summed E-state index contributed by atoms with van der Waals surface area (Å²) in [7, 11) is 3.15. The van der Waals surface area contributed by atoms with E-state index in [-0.39, 0.29) is 36.6 Å². The molecule has 3 rings (SSSR count). The van der Waals surface area contributed by atoms with Crippen LogP contribution >= 0.6 is 12.4 Å². The van der Waals surface area contributed by atoms with Gasteiger partial charge in [-0.1, -0.05) is 36.4 Å². The molecule has 0 fully saturated rings. The monoisotopic (exact) mass is 540 g/mol. The average molecular weight is 541 g/mol. The molecule has 0 spiro atoms. The number of halogens is 1. The molecule has 1 unspecified atom stereocenters. The molecule has 2 aromatic carbocycles. The van der Waals surface area contributed by atoms with Crippen LogP contribution in [0.3, 0.4) is 0 Å². The first-order valence-corrected chi connectivity index (χ1v) is 11.7. The normalized spacial score (nSPS) is 11.0. The fraction of sp³-hybridized carbons (Fsp3) is 0.259. The van der Waals surface area contributed by atoms with Gasteiger partial charge in [0.25, 0.3) is 0 Å². The molecule has 1 aromatic heterocycles. The molecule has 202 valence electrons. The molecule has 10 nitrogen and oxygen atoms in total. The number of methoxy groups -OCH3 is 2. The number of hydrogen-bond donors (Lipinski definition) is 5. The molecule has 6 N–H and O–H groups in total. The van der Waals surface area contributed by atoms with Crippen LogP contribution < -0.4 is 31.2 Å². The van der Waals surface area contributed by atoms with E-state index in [9.17, 15) is 9.59 Å². The molecule has 0 aliphatic rings. The van der Waals surface area contributed by atoms with E-state index in [0.29, 0.717) is 42.3 Å². The number of ether oxygens (including phenoxy) is 2. The van der Waals surface area contributed by atoms with Gasteiger partial charge in [0, 0.05) is 24.8 Å². The molecule has 0 bridgehead atoms. The molecule has 0 saturated heterocycles. The van der Waals surface area contributed by atoms with Crippen LogP contribution in [0.5, 0.6) is 11.5 Å². The first-order chi connectivity index (χ1) is 17.9. The number of nitrogen functional groups attached to an aromatic ring is 1. The van der Waals surface area contributed by atoms with Crippen molar-refractivity contribution >= 4 is 30.1 Å². The maximum atomic E-state index is 13.0. The van der Waals surface area contributed by atoms with E-state index in [4.69, 9.17) is 20.6 Å². The van der Waals surface area contributed by atoms with Crippen molar-refractivity contribution in [2.45, 2.75) is 19.0 Å². The van der Waals surface area contributed by atoms with Crippen molar-refractivity contribution in [3.05, 3.63) is 89.2 Å². The lowest BCUT2D eigenvalue weighted by Gasteiger charge is -2.18. The van der Waals surface area contributed by atoms with Gasteiger partial charge in [-0.2, -0.15) is 0 Å². The minimum atomic E-state index is -0.756. The number of rotatable bonds is 13. The van der Waals surface area contributed by atoms with Gasteiger partial charge < -0.3 is 25.8 Å². The van der Waals surface area contributed by atoms with Gasteiger partial charge >= 0.3 is 0 Å². The molecular formula is C27H33ClN6O4. The molecule has 38 heavy (non-hydrogen) atoms. The van der Waals surface area contributed by atoms with Crippen LogP contribution in [0.15, 0.2) is 66.9 Å². The topological polar surface area (TPSA) is 151 Å². The second kappa shape index (κ2) is 15.2. The Labute approximate surface area is 228 Å². The Balaban J connectivity index is 0.00000507. The minimum absolute atomic E-state index is 0. The quantitative estimate of drug-likeness (QED) is 0.164. The summed E-state index contributed by atoms with van der Waals surface area (Å²) >= 11 is 0. The Morgan fingerprint density at radius 2 is 1.68 bits per heavy atom. The van der Waals surface area contributed by atoms with Crippen LogP contribution in [0, 0.1) is 5.41 Å². The molecule has 0 aliphatic heterocycles. The fourth-order valence-corrected chi connectivity index (χ4v) is 3.61. The third-order valence-electron chi connectivity index (χ3n) is 5.63. The van der Waals surface area contributed by atoms with E-state index in [1.807, 2.05) is 30.3 Å². The van der Waals surface area contributed by atoms with Gasteiger partial charge in [0.1, 0.15) is 11.9 Å². The Kier molecular flexibility index (Phi) is 12.0. The van der Waals surface area contributed by atoms with Crippen molar-refractivity contribution in [2.24, 2.45) is 5.73 Å². The zero-order valence-electron chi connectivity index (χ0n) is 21.3. The highest BCUT2D eigenvalue weighted by molar-refractivity contribution is 5.94. The van der Waals surface area contributed by atoms with Crippen LogP contribution in [-0.2, 0) is 22.6 Å². The average Bonchev–Trinajstić information content (AvgIpc) is 2.92. The van der Waals surface area contributed by atoms with Gasteiger partial charge in [0.15, 0.2) is 11.5 Å². The van der Waals surface area contributed by atoms with E-state index in [1.54, 1.807) is 50.7 Å². The second-order valence-electron chi connectivity index (χ2n) is 8.19. The third-order valence-corrected chi connectivity index (χ3v) is 5.63. The lowest BCUT2D eigenvalue weighted by atomic mass is 10.1. The Morgan fingerprint density at radius 3 is 2.32 bits per heavy atom. The van der Waals surface area contributed by atoms with Crippen LogP contribution in [0.2, 0.25) is 0 Å². The smallest absolute Gasteiger partial charge is 0.243 e. The highest BCUT2D eigenvalue weighted by Gasteiger charge is 2.22. The van der Waals surface area contributed by atoms with Gasteiger partial charge in [0.05, 0.1) is 26.5 Å². The van der Waals surface area contributed by atoms with Crippen LogP contribution in [0.1, 0.15) is 28.4 Å². The molecule has 1 heterocycles. The molecular weight excluding hydrogens is 508 g/mol. The highest BCUT2D eigenvalue weighted by Crippen LogP contribution is 2.27. The summed E-state index contributed by atoms with van der Waals surface area (Å²) in [6.45, 7) is 0.621. The molecule has 1 atom stereocenters. The number of nitrogens with two attached hydrogens (primary N) is 1. The molecule has 11 heteroatoms. The lowest BCUT2D eigenvalue weighted by Crippen LogP contribution is -2.43. The SMILES string of the molecule is COc1ccc(CCNC(=O)CNC(=O)C(NCc2ccc(C(=N)N)cc2)c2ccccn2)cc1OC.Cl. The van der Waals surface area contributed by atoms with E-state index in [0.717, 1.165) is 11.1 Å². The van der Waals surface area contributed by atoms with Gasteiger partial charge in [-0.05, 0) is 41.8 Å². The standard InChI is InChI=1S/C27H32N6O4.ClH/c1-36-22-11-8-18(15-23(22)37-2)12-14-31-24(34)17-33-27(35)25(21-5-3-4-13-30-21)32-16-19-6-9-20(10-7-19)26(28)29;/h3-11,13,15,25,32H,12,14,16-17H2,1-2H3,(H3,28,29)(H,31,34)(H,33,35);1H. The molecule has 0 aliphatic carbocycles. The number of benzene rings is 2. The van der Waals surface area contributed by atoms with Crippen molar-refractivity contribution in [1.82, 2.24) is 20.9 Å². The number of hydrogen-bond acceptors (Lipinski definition) is 7. The summed E-state index contributed by atoms with van der Waals surface area (Å²) in [4.78, 5) is 29.6. The largest absolute Gasteiger partial charge is 0.493 e. The highest BCUT2D eigenvalue weighted by atomic mass is 35.5. The second-order valence-corrected chi connectivity index (χ2v) is 8.19. The number of pyridine rings is 1. The van der Waals surface area contributed by atoms with Gasteiger partial charge in [-0.3, -0.25) is 25.3 Å². The van der Waals surface area contributed by atoms with Crippen molar-refractivity contribution in [3.63, 3.8) is 0 Å². The molecule has 2 amide bonds. The first kappa shape index (κ1) is 30.1. The molecule has 0 saturated carbocycles. The van der Waals surface area contributed by atoms with Crippen molar-refractivity contribution in [3.8, 4) is 11.5 Å². The summed E-state index contributed by atoms with van der Waals surface area (Å²) in [5.74, 6) is 0.596. The van der Waals surface area contributed by atoms with Gasteiger partial charge in [0.2, 0.25) is 11.8 Å². The van der Waals surface area contributed by atoms with Gasteiger partial charge in [-0.15, -0.1) is 12.4 Å². The third kappa shape index (κ3) is 8.75. The van der Waals surface area contributed by atoms with E-state index in [2.05, 4.69) is 20.9 Å². The predicted octanol–water partition coefficient (Wildman–Crippen LogP) is 2.11. The Morgan fingerprint density at radius 1 is 0.974 bits per heavy atom. The number of amides is 2. The number of carbonyl (C=O) groups excluding carboxylic acids is 2. The van der Waals surface area contributed by atoms with Crippen molar-refractivity contribution < 1.29 is 19.1 Å². The van der Waals surface area contributed by atoms with Crippen molar-refractivity contribution in [2.75, 3.05) is 27.3 Å². The maximum absolute atomic E-state index is 13.0. The predicted molar refractivity (Wildman–Crippen MR) is 148 cm³/mol. The number of aromatic nitrogens is 1.